The molecular formula is C21H19FN2O5S. The fourth-order valence-corrected chi connectivity index (χ4v) is 3.67. The molecule has 7 nitrogen and oxygen atoms in total. The van der Waals surface area contributed by atoms with Crippen LogP contribution in [0.3, 0.4) is 0 Å². The van der Waals surface area contributed by atoms with Gasteiger partial charge >= 0.3 is 0 Å². The van der Waals surface area contributed by atoms with Crippen molar-refractivity contribution in [3.63, 3.8) is 0 Å². The molecule has 0 heterocycles. The van der Waals surface area contributed by atoms with Crippen molar-refractivity contribution < 1.29 is 27.1 Å². The van der Waals surface area contributed by atoms with Gasteiger partial charge in [0, 0.05) is 17.3 Å². The highest BCUT2D eigenvalue weighted by Crippen LogP contribution is 2.29. The van der Waals surface area contributed by atoms with Crippen molar-refractivity contribution in [3.8, 4) is 11.5 Å². The van der Waals surface area contributed by atoms with Crippen LogP contribution in [0.1, 0.15) is 10.4 Å². The zero-order valence-corrected chi connectivity index (χ0v) is 17.0. The monoisotopic (exact) mass is 430 g/mol. The molecule has 0 saturated carbocycles. The number of benzene rings is 3. The van der Waals surface area contributed by atoms with Crippen LogP contribution in [0.5, 0.6) is 11.5 Å². The number of nitrogens with one attached hydrogen (secondary N) is 2. The number of methoxy groups -OCH3 is 2. The van der Waals surface area contributed by atoms with E-state index in [0.29, 0.717) is 17.2 Å². The molecule has 0 aliphatic heterocycles. The van der Waals surface area contributed by atoms with Gasteiger partial charge in [-0.3, -0.25) is 9.52 Å². The van der Waals surface area contributed by atoms with Crippen LogP contribution in [0, 0.1) is 5.82 Å². The van der Waals surface area contributed by atoms with E-state index in [2.05, 4.69) is 10.0 Å². The number of hydrogen-bond acceptors (Lipinski definition) is 5. The van der Waals surface area contributed by atoms with Crippen molar-refractivity contribution in [1.82, 2.24) is 0 Å². The van der Waals surface area contributed by atoms with E-state index in [1.165, 1.54) is 50.6 Å². The average molecular weight is 430 g/mol. The number of halogens is 1. The molecule has 0 bridgehead atoms. The Morgan fingerprint density at radius 1 is 0.900 bits per heavy atom. The number of anilines is 2. The Morgan fingerprint density at radius 3 is 2.17 bits per heavy atom. The average Bonchev–Trinajstić information content (AvgIpc) is 2.75. The van der Waals surface area contributed by atoms with E-state index in [1.807, 2.05) is 0 Å². The second-order valence-electron chi connectivity index (χ2n) is 6.16. The summed E-state index contributed by atoms with van der Waals surface area (Å²) >= 11 is 0. The largest absolute Gasteiger partial charge is 0.497 e. The molecule has 0 atom stereocenters. The van der Waals surface area contributed by atoms with Crippen LogP contribution in [-0.4, -0.2) is 28.5 Å². The van der Waals surface area contributed by atoms with Crippen LogP contribution in [-0.2, 0) is 10.0 Å². The van der Waals surface area contributed by atoms with Crippen molar-refractivity contribution in [3.05, 3.63) is 78.1 Å². The van der Waals surface area contributed by atoms with E-state index < -0.39 is 21.7 Å². The minimum absolute atomic E-state index is 0.0367. The molecule has 3 aromatic rings. The van der Waals surface area contributed by atoms with Gasteiger partial charge in [0.1, 0.15) is 17.3 Å². The van der Waals surface area contributed by atoms with E-state index in [-0.39, 0.29) is 16.1 Å². The highest BCUT2D eigenvalue weighted by molar-refractivity contribution is 7.92. The van der Waals surface area contributed by atoms with Crippen LogP contribution in [0.4, 0.5) is 15.8 Å². The molecule has 9 heteroatoms. The summed E-state index contributed by atoms with van der Waals surface area (Å²) in [7, 11) is -0.892. The van der Waals surface area contributed by atoms with Gasteiger partial charge in [-0.05, 0) is 60.7 Å². The van der Waals surface area contributed by atoms with Crippen molar-refractivity contribution in [2.45, 2.75) is 4.90 Å². The number of sulfonamides is 1. The lowest BCUT2D eigenvalue weighted by Gasteiger charge is -2.12. The molecular weight excluding hydrogens is 411 g/mol. The Labute approximate surface area is 173 Å². The third kappa shape index (κ3) is 4.87. The summed E-state index contributed by atoms with van der Waals surface area (Å²) in [5.74, 6) is 0.0918. The Bertz CT molecular complexity index is 1150. The molecule has 0 saturated heterocycles. The van der Waals surface area contributed by atoms with Gasteiger partial charge in [0.05, 0.1) is 24.8 Å². The number of carbonyl (C=O) groups is 1. The fraction of sp³-hybridized carbons (Fsp3) is 0.0952. The van der Waals surface area contributed by atoms with Crippen LogP contribution >= 0.6 is 0 Å². The smallest absolute Gasteiger partial charge is 0.261 e. The predicted octanol–water partition coefficient (Wildman–Crippen LogP) is 3.90. The SMILES string of the molecule is COc1ccc(NC(=O)c2ccc(S(=O)(=O)Nc3ccc(F)cc3)cc2)c(OC)c1. The number of rotatable bonds is 7. The van der Waals surface area contributed by atoms with Gasteiger partial charge in [0.25, 0.3) is 15.9 Å². The fourth-order valence-electron chi connectivity index (χ4n) is 2.61. The first-order valence-corrected chi connectivity index (χ1v) is 10.2. The Balaban J connectivity index is 1.75. The van der Waals surface area contributed by atoms with Crippen molar-refractivity contribution in [2.24, 2.45) is 0 Å². The zero-order valence-electron chi connectivity index (χ0n) is 16.2. The molecule has 0 unspecified atom stereocenters. The predicted molar refractivity (Wildman–Crippen MR) is 111 cm³/mol. The summed E-state index contributed by atoms with van der Waals surface area (Å²) < 4.78 is 50.6. The molecule has 3 rings (SSSR count). The summed E-state index contributed by atoms with van der Waals surface area (Å²) in [6.45, 7) is 0. The summed E-state index contributed by atoms with van der Waals surface area (Å²) in [6.07, 6.45) is 0. The van der Waals surface area contributed by atoms with E-state index in [1.54, 1.807) is 18.2 Å². The molecule has 0 aliphatic carbocycles. The van der Waals surface area contributed by atoms with Gasteiger partial charge in [0.2, 0.25) is 0 Å². The quantitative estimate of drug-likeness (QED) is 0.593. The normalized spacial score (nSPS) is 10.9. The maximum atomic E-state index is 13.0. The lowest BCUT2D eigenvalue weighted by Crippen LogP contribution is -2.15. The highest BCUT2D eigenvalue weighted by atomic mass is 32.2. The second kappa shape index (κ2) is 8.83. The first-order chi connectivity index (χ1) is 14.3. The molecule has 1 amide bonds. The molecule has 0 aliphatic rings. The molecule has 2 N–H and O–H groups in total. The van der Waals surface area contributed by atoms with Gasteiger partial charge in [-0.1, -0.05) is 0 Å². The first kappa shape index (κ1) is 21.1. The lowest BCUT2D eigenvalue weighted by molar-refractivity contribution is 0.102. The second-order valence-corrected chi connectivity index (χ2v) is 7.84. The Kier molecular flexibility index (Phi) is 6.22. The lowest BCUT2D eigenvalue weighted by atomic mass is 10.2. The van der Waals surface area contributed by atoms with Gasteiger partial charge in [-0.25, -0.2) is 12.8 Å². The summed E-state index contributed by atoms with van der Waals surface area (Å²) in [6, 6.07) is 15.3. The topological polar surface area (TPSA) is 93.7 Å². The molecule has 0 aromatic heterocycles. The standard InChI is InChI=1S/C21H19FN2O5S/c1-28-17-9-12-19(20(13-17)29-2)23-21(25)14-3-10-18(11-4-14)30(26,27)24-16-7-5-15(22)6-8-16/h3-13,24H,1-2H3,(H,23,25). The highest BCUT2D eigenvalue weighted by Gasteiger charge is 2.16. The summed E-state index contributed by atoms with van der Waals surface area (Å²) in [4.78, 5) is 12.5. The molecule has 3 aromatic carbocycles. The molecule has 30 heavy (non-hydrogen) atoms. The van der Waals surface area contributed by atoms with Crippen LogP contribution in [0.15, 0.2) is 71.6 Å². The minimum atomic E-state index is -3.88. The molecule has 0 fully saturated rings. The molecule has 0 spiro atoms. The van der Waals surface area contributed by atoms with Crippen molar-refractivity contribution in [2.75, 3.05) is 24.3 Å². The van der Waals surface area contributed by atoms with Crippen LogP contribution in [0.25, 0.3) is 0 Å². The van der Waals surface area contributed by atoms with Gasteiger partial charge in [0.15, 0.2) is 0 Å². The number of carbonyl (C=O) groups excluding carboxylic acids is 1. The van der Waals surface area contributed by atoms with E-state index >= 15 is 0 Å². The third-order valence-electron chi connectivity index (χ3n) is 4.18. The van der Waals surface area contributed by atoms with Gasteiger partial charge < -0.3 is 14.8 Å². The third-order valence-corrected chi connectivity index (χ3v) is 5.58. The number of ether oxygens (including phenoxy) is 2. The minimum Gasteiger partial charge on any atom is -0.497 e. The van der Waals surface area contributed by atoms with Crippen molar-refractivity contribution in [1.29, 1.82) is 0 Å². The van der Waals surface area contributed by atoms with Crippen LogP contribution < -0.4 is 19.5 Å². The zero-order chi connectivity index (χ0) is 21.7. The Hall–Kier alpha value is -3.59. The summed E-state index contributed by atoms with van der Waals surface area (Å²) in [5, 5.41) is 2.71. The van der Waals surface area contributed by atoms with Crippen molar-refractivity contribution >= 4 is 27.3 Å². The number of hydrogen-bond donors (Lipinski definition) is 2. The van der Waals surface area contributed by atoms with Gasteiger partial charge in [-0.15, -0.1) is 0 Å². The van der Waals surface area contributed by atoms with Gasteiger partial charge in [-0.2, -0.15) is 0 Å². The van der Waals surface area contributed by atoms with E-state index in [4.69, 9.17) is 9.47 Å². The van der Waals surface area contributed by atoms with Crippen LogP contribution in [0.2, 0.25) is 0 Å². The van der Waals surface area contributed by atoms with E-state index in [0.717, 1.165) is 12.1 Å². The number of amides is 1. The molecule has 156 valence electrons. The summed E-state index contributed by atoms with van der Waals surface area (Å²) in [5.41, 5.74) is 0.927. The maximum Gasteiger partial charge on any atom is 0.261 e. The first-order valence-electron chi connectivity index (χ1n) is 8.74. The Morgan fingerprint density at radius 2 is 1.57 bits per heavy atom. The van der Waals surface area contributed by atoms with E-state index in [9.17, 15) is 17.6 Å². The molecule has 0 radical (unpaired) electrons. The maximum absolute atomic E-state index is 13.0.